The van der Waals surface area contributed by atoms with E-state index >= 15 is 0 Å². The molecule has 0 fully saturated rings. The number of nitro benzene ring substituents is 1. The summed E-state index contributed by atoms with van der Waals surface area (Å²) in [6.07, 6.45) is 1.60. The molecule has 0 saturated carbocycles. The van der Waals surface area contributed by atoms with Gasteiger partial charge in [0.1, 0.15) is 0 Å². The van der Waals surface area contributed by atoms with Crippen molar-refractivity contribution in [3.63, 3.8) is 0 Å². The third-order valence-electron chi connectivity index (χ3n) is 1.90. The Hall–Kier alpha value is -1.20. The van der Waals surface area contributed by atoms with Crippen molar-refractivity contribution in [2.75, 3.05) is 0 Å². The number of nitro groups is 1. The second-order valence-corrected chi connectivity index (χ2v) is 4.23. The molecule has 2 rings (SSSR count). The van der Waals surface area contributed by atoms with Crippen LogP contribution in [0.25, 0.3) is 10.9 Å². The van der Waals surface area contributed by atoms with E-state index in [-0.39, 0.29) is 10.7 Å². The Bertz CT molecular complexity index is 559. The maximum Gasteiger partial charge on any atom is 0.271 e. The first-order valence-electron chi connectivity index (χ1n) is 3.97. The molecule has 0 bridgehead atoms. The van der Waals surface area contributed by atoms with E-state index in [1.165, 1.54) is 12.1 Å². The van der Waals surface area contributed by atoms with Gasteiger partial charge in [-0.15, -0.1) is 0 Å². The Morgan fingerprint density at radius 1 is 1.40 bits per heavy atom. The van der Waals surface area contributed by atoms with Crippen molar-refractivity contribution in [1.82, 2.24) is 4.98 Å². The molecule has 1 heterocycles. The summed E-state index contributed by atoms with van der Waals surface area (Å²) in [6, 6.07) is 4.48. The van der Waals surface area contributed by atoms with Crippen molar-refractivity contribution in [3.8, 4) is 0 Å². The maximum atomic E-state index is 10.6. The van der Waals surface area contributed by atoms with Gasteiger partial charge in [-0.2, -0.15) is 0 Å². The molecular formula is C9H4BrClN2O2. The highest BCUT2D eigenvalue weighted by Crippen LogP contribution is 2.28. The van der Waals surface area contributed by atoms with Gasteiger partial charge in [-0.1, -0.05) is 11.6 Å². The van der Waals surface area contributed by atoms with Gasteiger partial charge in [-0.05, 0) is 22.0 Å². The molecule has 0 spiro atoms. The van der Waals surface area contributed by atoms with Gasteiger partial charge in [0.15, 0.2) is 0 Å². The zero-order valence-corrected chi connectivity index (χ0v) is 9.62. The molecule has 2 aromatic rings. The van der Waals surface area contributed by atoms with Gasteiger partial charge in [0.25, 0.3) is 5.69 Å². The average Bonchev–Trinajstić information content (AvgIpc) is 2.16. The average molecular weight is 288 g/mol. The molecule has 0 aliphatic carbocycles. The highest BCUT2D eigenvalue weighted by Gasteiger charge is 2.11. The van der Waals surface area contributed by atoms with Gasteiger partial charge in [0.2, 0.25) is 0 Å². The summed E-state index contributed by atoms with van der Waals surface area (Å²) >= 11 is 9.12. The highest BCUT2D eigenvalue weighted by atomic mass is 79.9. The Balaban J connectivity index is 2.79. The Kier molecular flexibility index (Phi) is 2.58. The summed E-state index contributed by atoms with van der Waals surface area (Å²) in [6.45, 7) is 0. The van der Waals surface area contributed by atoms with Gasteiger partial charge in [0.05, 0.1) is 15.5 Å². The molecular weight excluding hydrogens is 283 g/mol. The van der Waals surface area contributed by atoms with Crippen molar-refractivity contribution >= 4 is 44.1 Å². The van der Waals surface area contributed by atoms with E-state index in [9.17, 15) is 10.1 Å². The summed E-state index contributed by atoms with van der Waals surface area (Å²) in [7, 11) is 0. The molecule has 0 saturated heterocycles. The second-order valence-electron chi connectivity index (χ2n) is 2.91. The van der Waals surface area contributed by atoms with Crippen LogP contribution in [-0.4, -0.2) is 9.91 Å². The lowest BCUT2D eigenvalue weighted by Crippen LogP contribution is -1.89. The van der Waals surface area contributed by atoms with E-state index in [1.807, 2.05) is 0 Å². The smallest absolute Gasteiger partial charge is 0.258 e. The normalized spacial score (nSPS) is 10.5. The van der Waals surface area contributed by atoms with Crippen LogP contribution in [0.15, 0.2) is 28.9 Å². The minimum absolute atomic E-state index is 0.0348. The fourth-order valence-corrected chi connectivity index (χ4v) is 1.89. The van der Waals surface area contributed by atoms with Crippen LogP contribution >= 0.6 is 27.5 Å². The zero-order valence-electron chi connectivity index (χ0n) is 7.28. The van der Waals surface area contributed by atoms with E-state index < -0.39 is 4.92 Å². The van der Waals surface area contributed by atoms with Gasteiger partial charge in [0, 0.05) is 28.2 Å². The lowest BCUT2D eigenvalue weighted by atomic mass is 10.2. The van der Waals surface area contributed by atoms with E-state index in [2.05, 4.69) is 20.9 Å². The monoisotopic (exact) mass is 286 g/mol. The standard InChI is InChI=1S/C9H4BrClN2O2/c10-6-1-5-2-7(13(14)15)3-8(11)9(5)12-4-6/h1-4H. The van der Waals surface area contributed by atoms with Crippen molar-refractivity contribution in [1.29, 1.82) is 0 Å². The third-order valence-corrected chi connectivity index (χ3v) is 2.62. The highest BCUT2D eigenvalue weighted by molar-refractivity contribution is 9.10. The first kappa shape index (κ1) is 10.3. The van der Waals surface area contributed by atoms with Crippen LogP contribution in [0.5, 0.6) is 0 Å². The summed E-state index contributed by atoms with van der Waals surface area (Å²) in [5.74, 6) is 0. The first-order chi connectivity index (χ1) is 7.08. The van der Waals surface area contributed by atoms with Crippen LogP contribution in [0.3, 0.4) is 0 Å². The number of benzene rings is 1. The molecule has 1 aromatic carbocycles. The first-order valence-corrected chi connectivity index (χ1v) is 5.14. The van der Waals surface area contributed by atoms with Gasteiger partial charge in [-0.25, -0.2) is 0 Å². The quantitative estimate of drug-likeness (QED) is 0.595. The van der Waals surface area contributed by atoms with Crippen LogP contribution in [0, 0.1) is 10.1 Å². The fourth-order valence-electron chi connectivity index (χ4n) is 1.27. The number of rotatable bonds is 1. The zero-order chi connectivity index (χ0) is 11.0. The summed E-state index contributed by atoms with van der Waals surface area (Å²) in [5, 5.41) is 11.5. The van der Waals surface area contributed by atoms with Gasteiger partial charge >= 0.3 is 0 Å². The van der Waals surface area contributed by atoms with Gasteiger partial charge in [-0.3, -0.25) is 15.1 Å². The summed E-state index contributed by atoms with van der Waals surface area (Å²) in [4.78, 5) is 14.2. The minimum Gasteiger partial charge on any atom is -0.258 e. The SMILES string of the molecule is O=[N+]([O-])c1cc(Cl)c2ncc(Br)cc2c1. The molecule has 4 nitrogen and oxygen atoms in total. The molecule has 0 unspecified atom stereocenters. The van der Waals surface area contributed by atoms with Crippen molar-refractivity contribution < 1.29 is 4.92 Å². The Morgan fingerprint density at radius 3 is 2.80 bits per heavy atom. The number of nitrogens with zero attached hydrogens (tertiary/aromatic N) is 2. The van der Waals surface area contributed by atoms with Crippen LogP contribution in [0.2, 0.25) is 5.02 Å². The Morgan fingerprint density at radius 2 is 2.13 bits per heavy atom. The number of pyridine rings is 1. The number of halogens is 2. The number of hydrogen-bond acceptors (Lipinski definition) is 3. The van der Waals surface area contributed by atoms with Crippen molar-refractivity contribution in [2.24, 2.45) is 0 Å². The molecule has 0 aliphatic heterocycles. The summed E-state index contributed by atoms with van der Waals surface area (Å²) < 4.78 is 0.756. The summed E-state index contributed by atoms with van der Waals surface area (Å²) in [5.41, 5.74) is 0.526. The maximum absolute atomic E-state index is 10.6. The lowest BCUT2D eigenvalue weighted by Gasteiger charge is -2.00. The minimum atomic E-state index is -0.480. The Labute approximate surface area is 98.2 Å². The van der Waals surface area contributed by atoms with Crippen LogP contribution in [0.1, 0.15) is 0 Å². The molecule has 0 N–H and O–H groups in total. The van der Waals surface area contributed by atoms with E-state index in [0.717, 1.165) is 4.47 Å². The predicted octanol–water partition coefficient (Wildman–Crippen LogP) is 3.56. The van der Waals surface area contributed by atoms with Crippen molar-refractivity contribution in [3.05, 3.63) is 44.0 Å². The predicted molar refractivity (Wildman–Crippen MR) is 61.1 cm³/mol. The van der Waals surface area contributed by atoms with E-state index in [4.69, 9.17) is 11.6 Å². The van der Waals surface area contributed by atoms with Crippen LogP contribution in [0.4, 0.5) is 5.69 Å². The molecule has 6 heteroatoms. The molecule has 15 heavy (non-hydrogen) atoms. The molecule has 76 valence electrons. The molecule has 0 radical (unpaired) electrons. The van der Waals surface area contributed by atoms with Crippen LogP contribution < -0.4 is 0 Å². The fraction of sp³-hybridized carbons (Fsp3) is 0. The number of non-ortho nitro benzene ring substituents is 1. The molecule has 0 aliphatic rings. The van der Waals surface area contributed by atoms with Crippen molar-refractivity contribution in [2.45, 2.75) is 0 Å². The number of fused-ring (bicyclic) bond motifs is 1. The largest absolute Gasteiger partial charge is 0.271 e. The number of hydrogen-bond donors (Lipinski definition) is 0. The topological polar surface area (TPSA) is 56.0 Å². The third kappa shape index (κ3) is 1.93. The molecule has 1 aromatic heterocycles. The van der Waals surface area contributed by atoms with Gasteiger partial charge < -0.3 is 0 Å². The lowest BCUT2D eigenvalue weighted by molar-refractivity contribution is -0.384. The van der Waals surface area contributed by atoms with E-state index in [0.29, 0.717) is 10.9 Å². The molecule has 0 atom stereocenters. The second kappa shape index (κ2) is 3.75. The molecule has 0 amide bonds. The number of aromatic nitrogens is 1. The van der Waals surface area contributed by atoms with E-state index in [1.54, 1.807) is 12.3 Å². The van der Waals surface area contributed by atoms with Crippen LogP contribution in [-0.2, 0) is 0 Å².